The molecule has 0 heterocycles. The number of esters is 1. The van der Waals surface area contributed by atoms with Gasteiger partial charge in [0.1, 0.15) is 0 Å². The molecule has 0 saturated carbocycles. The van der Waals surface area contributed by atoms with Gasteiger partial charge in [-0.05, 0) is 42.0 Å². The number of hydrogen-bond donors (Lipinski definition) is 1. The molecule has 160 valence electrons. The fourth-order valence-electron chi connectivity index (χ4n) is 4.46. The third-order valence-corrected chi connectivity index (χ3v) is 6.20. The van der Waals surface area contributed by atoms with E-state index in [0.29, 0.717) is 31.6 Å². The standard InChI is InChI=1S/C28H31NO2/c1-21(2)26(30)31-19-11-18-28-22(3)12-7-9-16-27(20-29,17-10-8-13-23(28)4)24-14-5-6-15-25(24)28/h5-10,12-17H,1,3-4,11,18-20,29H2,2H3/b12-7-,13-8-,16-9-,17-10-. The molecule has 0 fully saturated rings. The highest BCUT2D eigenvalue weighted by atomic mass is 16.5. The predicted molar refractivity (Wildman–Crippen MR) is 129 cm³/mol. The van der Waals surface area contributed by atoms with Crippen LogP contribution in [0.4, 0.5) is 0 Å². The van der Waals surface area contributed by atoms with Crippen molar-refractivity contribution in [2.45, 2.75) is 30.6 Å². The number of carbonyl (C=O) groups excluding carboxylic acids is 1. The lowest BCUT2D eigenvalue weighted by molar-refractivity contribution is -0.139. The van der Waals surface area contributed by atoms with Gasteiger partial charge >= 0.3 is 5.97 Å². The number of hydrogen-bond acceptors (Lipinski definition) is 3. The largest absolute Gasteiger partial charge is 0.462 e. The van der Waals surface area contributed by atoms with Gasteiger partial charge in [0, 0.05) is 22.9 Å². The first-order valence-electron chi connectivity index (χ1n) is 10.6. The molecule has 2 aliphatic carbocycles. The van der Waals surface area contributed by atoms with Crippen molar-refractivity contribution >= 4 is 5.97 Å². The Morgan fingerprint density at radius 1 is 1.00 bits per heavy atom. The first-order valence-corrected chi connectivity index (χ1v) is 10.6. The smallest absolute Gasteiger partial charge is 0.333 e. The average Bonchev–Trinajstić information content (AvgIpc) is 2.85. The van der Waals surface area contributed by atoms with E-state index in [1.54, 1.807) is 6.92 Å². The summed E-state index contributed by atoms with van der Waals surface area (Å²) < 4.78 is 5.38. The summed E-state index contributed by atoms with van der Waals surface area (Å²) in [4.78, 5) is 11.8. The van der Waals surface area contributed by atoms with E-state index in [0.717, 1.165) is 22.3 Å². The Balaban J connectivity index is 2.16. The van der Waals surface area contributed by atoms with Gasteiger partial charge in [0.15, 0.2) is 0 Å². The second-order valence-corrected chi connectivity index (χ2v) is 8.20. The summed E-state index contributed by atoms with van der Waals surface area (Å²) >= 11 is 0. The number of carbonyl (C=O) groups is 1. The number of rotatable bonds is 6. The molecule has 1 aromatic rings. The van der Waals surface area contributed by atoms with Crippen molar-refractivity contribution in [1.29, 1.82) is 0 Å². The summed E-state index contributed by atoms with van der Waals surface area (Å²) in [6.07, 6.45) is 17.9. The Morgan fingerprint density at radius 3 is 2.13 bits per heavy atom. The van der Waals surface area contributed by atoms with Gasteiger partial charge in [-0.1, -0.05) is 92.6 Å². The van der Waals surface area contributed by atoms with Crippen molar-refractivity contribution in [3.63, 3.8) is 0 Å². The Morgan fingerprint density at radius 2 is 1.58 bits per heavy atom. The van der Waals surface area contributed by atoms with Crippen LogP contribution in [0.15, 0.2) is 109 Å². The molecule has 3 heteroatoms. The normalized spacial score (nSPS) is 28.6. The average molecular weight is 414 g/mol. The first-order chi connectivity index (χ1) is 14.9. The molecule has 0 saturated heterocycles. The van der Waals surface area contributed by atoms with Gasteiger partial charge in [-0.15, -0.1) is 0 Å². The van der Waals surface area contributed by atoms with Gasteiger partial charge in [0.05, 0.1) is 6.61 Å². The minimum atomic E-state index is -0.544. The van der Waals surface area contributed by atoms with Gasteiger partial charge < -0.3 is 10.5 Å². The van der Waals surface area contributed by atoms with Crippen LogP contribution in [0.3, 0.4) is 0 Å². The summed E-state index contributed by atoms with van der Waals surface area (Å²) in [7, 11) is 0. The third kappa shape index (κ3) is 4.19. The van der Waals surface area contributed by atoms with Crippen LogP contribution in [0, 0.1) is 0 Å². The monoisotopic (exact) mass is 413 g/mol. The molecule has 0 radical (unpaired) electrons. The molecule has 3 nitrogen and oxygen atoms in total. The zero-order valence-electron chi connectivity index (χ0n) is 18.3. The zero-order chi connectivity index (χ0) is 22.5. The predicted octanol–water partition coefficient (Wildman–Crippen LogP) is 5.38. The molecule has 0 aromatic heterocycles. The Hall–Kier alpha value is -3.17. The van der Waals surface area contributed by atoms with E-state index in [4.69, 9.17) is 10.5 Å². The highest BCUT2D eigenvalue weighted by Crippen LogP contribution is 2.48. The van der Waals surface area contributed by atoms with E-state index in [-0.39, 0.29) is 5.97 Å². The zero-order valence-corrected chi connectivity index (χ0v) is 18.3. The number of allylic oxidation sites excluding steroid dienone is 8. The molecule has 3 rings (SSSR count). The van der Waals surface area contributed by atoms with Crippen LogP contribution in [0.1, 0.15) is 30.9 Å². The summed E-state index contributed by atoms with van der Waals surface area (Å²) in [6.45, 7) is 15.0. The van der Waals surface area contributed by atoms with E-state index in [9.17, 15) is 4.79 Å². The van der Waals surface area contributed by atoms with E-state index in [1.165, 1.54) is 0 Å². The molecule has 1 aromatic carbocycles. The molecule has 2 aliphatic rings. The summed E-state index contributed by atoms with van der Waals surface area (Å²) in [6, 6.07) is 8.39. The number of nitrogens with two attached hydrogens (primary N) is 1. The van der Waals surface area contributed by atoms with Crippen LogP contribution in [0.5, 0.6) is 0 Å². The van der Waals surface area contributed by atoms with E-state index in [2.05, 4.69) is 44.0 Å². The topological polar surface area (TPSA) is 52.3 Å². The van der Waals surface area contributed by atoms with Crippen molar-refractivity contribution in [3.8, 4) is 0 Å². The van der Waals surface area contributed by atoms with E-state index < -0.39 is 10.8 Å². The molecule has 0 aliphatic heterocycles. The van der Waals surface area contributed by atoms with Crippen LogP contribution < -0.4 is 5.73 Å². The van der Waals surface area contributed by atoms with Crippen LogP contribution in [0.25, 0.3) is 0 Å². The first kappa shape index (κ1) is 22.5. The van der Waals surface area contributed by atoms with Crippen molar-refractivity contribution < 1.29 is 9.53 Å². The Labute approximate surface area is 185 Å². The lowest BCUT2D eigenvalue weighted by Gasteiger charge is -2.40. The SMILES string of the molecule is C=C(C)C(=O)OCCCC12C(=C)/C=C\C=C/C(CN)(/C=C\C=C/C1=C)c1ccccc12. The lowest BCUT2D eigenvalue weighted by atomic mass is 9.62. The maximum Gasteiger partial charge on any atom is 0.333 e. The Bertz CT molecular complexity index is 983. The lowest BCUT2D eigenvalue weighted by Crippen LogP contribution is -2.37. The van der Waals surface area contributed by atoms with Crippen LogP contribution in [0.2, 0.25) is 0 Å². The number of benzene rings is 1. The molecule has 31 heavy (non-hydrogen) atoms. The molecule has 0 atom stereocenters. The number of ether oxygens (including phenoxy) is 1. The molecule has 0 unspecified atom stereocenters. The quantitative estimate of drug-likeness (QED) is 0.387. The second-order valence-electron chi connectivity index (χ2n) is 8.20. The van der Waals surface area contributed by atoms with Crippen LogP contribution in [-0.4, -0.2) is 19.1 Å². The molecular weight excluding hydrogens is 382 g/mol. The van der Waals surface area contributed by atoms with Gasteiger partial charge in [0.25, 0.3) is 0 Å². The highest BCUT2D eigenvalue weighted by molar-refractivity contribution is 5.86. The molecule has 0 spiro atoms. The van der Waals surface area contributed by atoms with Crippen LogP contribution >= 0.6 is 0 Å². The van der Waals surface area contributed by atoms with Gasteiger partial charge in [-0.2, -0.15) is 0 Å². The molecular formula is C28H31NO2. The fourth-order valence-corrected chi connectivity index (χ4v) is 4.46. The molecule has 2 N–H and O–H groups in total. The van der Waals surface area contributed by atoms with Gasteiger partial charge in [-0.25, -0.2) is 4.79 Å². The summed E-state index contributed by atoms with van der Waals surface area (Å²) in [5.41, 5.74) is 9.94. The van der Waals surface area contributed by atoms with Crippen molar-refractivity contribution in [2.24, 2.45) is 5.73 Å². The minimum absolute atomic E-state index is 0.308. The molecule has 2 bridgehead atoms. The Kier molecular flexibility index (Phi) is 6.77. The summed E-state index contributed by atoms with van der Waals surface area (Å²) in [5.74, 6) is -0.366. The maximum atomic E-state index is 11.8. The maximum absolute atomic E-state index is 11.8. The van der Waals surface area contributed by atoms with Crippen LogP contribution in [-0.2, 0) is 20.4 Å². The van der Waals surface area contributed by atoms with Crippen molar-refractivity contribution in [1.82, 2.24) is 0 Å². The van der Waals surface area contributed by atoms with Gasteiger partial charge in [-0.3, -0.25) is 0 Å². The second kappa shape index (κ2) is 9.32. The summed E-state index contributed by atoms with van der Waals surface area (Å²) in [5, 5.41) is 0. The highest BCUT2D eigenvalue weighted by Gasteiger charge is 2.41. The van der Waals surface area contributed by atoms with Gasteiger partial charge in [0.2, 0.25) is 0 Å². The fraction of sp³-hybridized carbons (Fsp3) is 0.250. The third-order valence-electron chi connectivity index (χ3n) is 6.20. The molecule has 0 amide bonds. The van der Waals surface area contributed by atoms with E-state index >= 15 is 0 Å². The van der Waals surface area contributed by atoms with Crippen molar-refractivity contribution in [3.05, 3.63) is 120 Å². The minimum Gasteiger partial charge on any atom is -0.462 e. The van der Waals surface area contributed by atoms with Crippen molar-refractivity contribution in [2.75, 3.05) is 13.2 Å². The van der Waals surface area contributed by atoms with E-state index in [1.807, 2.05) is 48.6 Å².